The number of carbonyl (C=O) groups is 1. The highest BCUT2D eigenvalue weighted by molar-refractivity contribution is 7.99. The van der Waals surface area contributed by atoms with Gasteiger partial charge in [-0.3, -0.25) is 9.36 Å². The second-order valence-corrected chi connectivity index (χ2v) is 9.89. The molecule has 0 N–H and O–H groups in total. The standard InChI is InChI=1S/C18H23N3O3S2/c1-13-4-5-14(2)16(10-13)21-8-7-19-18(21)25-11-17(22)20(3)15-6-9-26(23,24)12-15/h4-5,7-8,10,15H,6,9,11-12H2,1-3H3. The van der Waals surface area contributed by atoms with Gasteiger partial charge < -0.3 is 4.90 Å². The molecule has 1 aliphatic rings. The molecule has 1 aromatic carbocycles. The highest BCUT2D eigenvalue weighted by Crippen LogP contribution is 2.24. The number of rotatable bonds is 5. The van der Waals surface area contributed by atoms with Gasteiger partial charge in [0.05, 0.1) is 22.9 Å². The molecule has 0 radical (unpaired) electrons. The summed E-state index contributed by atoms with van der Waals surface area (Å²) < 4.78 is 25.2. The van der Waals surface area contributed by atoms with Gasteiger partial charge in [-0.2, -0.15) is 0 Å². The smallest absolute Gasteiger partial charge is 0.233 e. The van der Waals surface area contributed by atoms with E-state index in [2.05, 4.69) is 23.2 Å². The molecule has 26 heavy (non-hydrogen) atoms. The van der Waals surface area contributed by atoms with Crippen LogP contribution in [-0.2, 0) is 14.6 Å². The Labute approximate surface area is 158 Å². The van der Waals surface area contributed by atoms with Crippen LogP contribution in [0.2, 0.25) is 0 Å². The minimum absolute atomic E-state index is 0.0665. The Hall–Kier alpha value is -1.80. The molecule has 8 heteroatoms. The maximum atomic E-state index is 12.5. The molecule has 140 valence electrons. The lowest BCUT2D eigenvalue weighted by molar-refractivity contribution is -0.128. The lowest BCUT2D eigenvalue weighted by Gasteiger charge is -2.23. The molecule has 2 aromatic rings. The van der Waals surface area contributed by atoms with E-state index in [0.29, 0.717) is 6.42 Å². The number of carbonyl (C=O) groups excluding carboxylic acids is 1. The van der Waals surface area contributed by atoms with E-state index in [1.54, 1.807) is 18.1 Å². The number of hydrogen-bond acceptors (Lipinski definition) is 5. The van der Waals surface area contributed by atoms with Gasteiger partial charge >= 0.3 is 0 Å². The molecule has 0 aliphatic carbocycles. The van der Waals surface area contributed by atoms with Gasteiger partial charge in [0.25, 0.3) is 0 Å². The second kappa shape index (κ2) is 7.44. The first-order valence-corrected chi connectivity index (χ1v) is 11.3. The molecule has 1 fully saturated rings. The van der Waals surface area contributed by atoms with Crippen molar-refractivity contribution in [3.05, 3.63) is 41.7 Å². The molecule has 2 heterocycles. The predicted molar refractivity (Wildman–Crippen MR) is 104 cm³/mol. The number of aryl methyl sites for hydroxylation is 2. The monoisotopic (exact) mass is 393 g/mol. The van der Waals surface area contributed by atoms with Crippen LogP contribution in [0.1, 0.15) is 17.5 Å². The van der Waals surface area contributed by atoms with E-state index >= 15 is 0 Å². The Balaban J connectivity index is 1.68. The largest absolute Gasteiger partial charge is 0.341 e. The Morgan fingerprint density at radius 1 is 1.38 bits per heavy atom. The number of hydrogen-bond donors (Lipinski definition) is 0. The quantitative estimate of drug-likeness (QED) is 0.729. The third-order valence-corrected chi connectivity index (χ3v) is 7.41. The molecule has 1 aromatic heterocycles. The fraction of sp³-hybridized carbons (Fsp3) is 0.444. The van der Waals surface area contributed by atoms with E-state index in [1.807, 2.05) is 24.6 Å². The van der Waals surface area contributed by atoms with Crippen molar-refractivity contribution in [2.24, 2.45) is 0 Å². The maximum absolute atomic E-state index is 12.5. The van der Waals surface area contributed by atoms with Crippen molar-refractivity contribution in [3.63, 3.8) is 0 Å². The Bertz CT molecular complexity index is 922. The van der Waals surface area contributed by atoms with Gasteiger partial charge in [-0.1, -0.05) is 23.9 Å². The van der Waals surface area contributed by atoms with E-state index in [-0.39, 0.29) is 29.2 Å². The topological polar surface area (TPSA) is 72.3 Å². The average molecular weight is 394 g/mol. The first kappa shape index (κ1) is 19.0. The molecule has 1 unspecified atom stereocenters. The summed E-state index contributed by atoms with van der Waals surface area (Å²) in [5.41, 5.74) is 3.34. The van der Waals surface area contributed by atoms with Gasteiger partial charge in [-0.15, -0.1) is 0 Å². The van der Waals surface area contributed by atoms with E-state index in [4.69, 9.17) is 0 Å². The zero-order chi connectivity index (χ0) is 18.9. The number of thioether (sulfide) groups is 1. The summed E-state index contributed by atoms with van der Waals surface area (Å²) in [6.07, 6.45) is 4.13. The van der Waals surface area contributed by atoms with Crippen LogP contribution in [0.4, 0.5) is 0 Å². The molecular weight excluding hydrogens is 370 g/mol. The first-order valence-electron chi connectivity index (χ1n) is 8.47. The van der Waals surface area contributed by atoms with Crippen LogP contribution in [0.25, 0.3) is 5.69 Å². The zero-order valence-corrected chi connectivity index (χ0v) is 16.8. The SMILES string of the molecule is Cc1ccc(C)c(-n2ccnc2SCC(=O)N(C)C2CCS(=O)(=O)C2)c1. The highest BCUT2D eigenvalue weighted by atomic mass is 32.2. The zero-order valence-electron chi connectivity index (χ0n) is 15.2. The van der Waals surface area contributed by atoms with Crippen LogP contribution in [0.5, 0.6) is 0 Å². The lowest BCUT2D eigenvalue weighted by atomic mass is 10.1. The van der Waals surface area contributed by atoms with Crippen molar-refractivity contribution in [2.45, 2.75) is 31.5 Å². The number of nitrogens with zero attached hydrogens (tertiary/aromatic N) is 3. The minimum atomic E-state index is -3.00. The van der Waals surface area contributed by atoms with Crippen molar-refractivity contribution in [2.75, 3.05) is 24.3 Å². The van der Waals surface area contributed by atoms with Crippen LogP contribution in [0, 0.1) is 13.8 Å². The lowest BCUT2D eigenvalue weighted by Crippen LogP contribution is -2.38. The first-order chi connectivity index (χ1) is 12.3. The molecule has 0 spiro atoms. The van der Waals surface area contributed by atoms with Gasteiger partial charge in [0, 0.05) is 25.5 Å². The molecule has 0 saturated carbocycles. The maximum Gasteiger partial charge on any atom is 0.233 e. The van der Waals surface area contributed by atoms with Crippen molar-refractivity contribution in [3.8, 4) is 5.69 Å². The molecule has 0 bridgehead atoms. The summed E-state index contributed by atoms with van der Waals surface area (Å²) in [5.74, 6) is 0.387. The van der Waals surface area contributed by atoms with Gasteiger partial charge in [-0.05, 0) is 37.5 Å². The fourth-order valence-electron chi connectivity index (χ4n) is 3.07. The van der Waals surface area contributed by atoms with Crippen molar-refractivity contribution in [1.82, 2.24) is 14.5 Å². The van der Waals surface area contributed by atoms with Crippen molar-refractivity contribution in [1.29, 1.82) is 0 Å². The van der Waals surface area contributed by atoms with Gasteiger partial charge in [0.1, 0.15) is 0 Å². The highest BCUT2D eigenvalue weighted by Gasteiger charge is 2.32. The normalized spacial score (nSPS) is 18.8. The third kappa shape index (κ3) is 4.12. The summed E-state index contributed by atoms with van der Waals surface area (Å²) in [7, 11) is -1.31. The molecule has 1 saturated heterocycles. The van der Waals surface area contributed by atoms with Crippen molar-refractivity contribution < 1.29 is 13.2 Å². The summed E-state index contributed by atoms with van der Waals surface area (Å²) in [5, 5.41) is 0.750. The number of benzene rings is 1. The minimum Gasteiger partial charge on any atom is -0.341 e. The van der Waals surface area contributed by atoms with E-state index in [0.717, 1.165) is 22.0 Å². The molecule has 1 aliphatic heterocycles. The van der Waals surface area contributed by atoms with Gasteiger partial charge in [-0.25, -0.2) is 13.4 Å². The van der Waals surface area contributed by atoms with Crippen LogP contribution in [0.3, 0.4) is 0 Å². The molecule has 3 rings (SSSR count). The second-order valence-electron chi connectivity index (χ2n) is 6.72. The van der Waals surface area contributed by atoms with Crippen LogP contribution in [0.15, 0.2) is 35.7 Å². The number of sulfone groups is 1. The third-order valence-electron chi connectivity index (χ3n) is 4.71. The predicted octanol–water partition coefficient (Wildman–Crippen LogP) is 2.23. The fourth-order valence-corrected chi connectivity index (χ4v) is 5.74. The summed E-state index contributed by atoms with van der Waals surface area (Å²) in [6, 6.07) is 6.01. The van der Waals surface area contributed by atoms with Crippen molar-refractivity contribution >= 4 is 27.5 Å². The number of amides is 1. The number of aromatic nitrogens is 2. The molecule has 1 amide bonds. The van der Waals surface area contributed by atoms with Crippen LogP contribution < -0.4 is 0 Å². The Morgan fingerprint density at radius 3 is 2.85 bits per heavy atom. The summed E-state index contributed by atoms with van der Waals surface area (Å²) in [4.78, 5) is 18.4. The summed E-state index contributed by atoms with van der Waals surface area (Å²) >= 11 is 1.37. The van der Waals surface area contributed by atoms with Crippen LogP contribution in [-0.4, -0.2) is 59.1 Å². The molecule has 6 nitrogen and oxygen atoms in total. The Kier molecular flexibility index (Phi) is 5.43. The van der Waals surface area contributed by atoms with E-state index in [1.165, 1.54) is 11.8 Å². The molecule has 1 atom stereocenters. The van der Waals surface area contributed by atoms with Gasteiger partial charge in [0.2, 0.25) is 5.91 Å². The van der Waals surface area contributed by atoms with E-state index in [9.17, 15) is 13.2 Å². The molecular formula is C18H23N3O3S2. The van der Waals surface area contributed by atoms with Gasteiger partial charge in [0.15, 0.2) is 15.0 Å². The van der Waals surface area contributed by atoms with Crippen LogP contribution >= 0.6 is 11.8 Å². The Morgan fingerprint density at radius 2 is 2.15 bits per heavy atom. The van der Waals surface area contributed by atoms with E-state index < -0.39 is 9.84 Å². The number of imidazole rings is 1. The average Bonchev–Trinajstić information content (AvgIpc) is 3.20. The summed E-state index contributed by atoms with van der Waals surface area (Å²) in [6.45, 7) is 4.09.